The van der Waals surface area contributed by atoms with E-state index < -0.39 is 0 Å². The number of pyridine rings is 1. The van der Waals surface area contributed by atoms with Crippen molar-refractivity contribution in [3.63, 3.8) is 0 Å². The Balaban J connectivity index is 1.88. The minimum absolute atomic E-state index is 0.769. The van der Waals surface area contributed by atoms with E-state index in [1.54, 1.807) is 0 Å². The Morgan fingerprint density at radius 1 is 1.60 bits per heavy atom. The number of hydrogen-bond acceptors (Lipinski definition) is 3. The largest absolute Gasteiger partial charge is 0.369 e. The molecule has 1 aromatic rings. The molecule has 0 unspecified atom stereocenters. The van der Waals surface area contributed by atoms with Gasteiger partial charge >= 0.3 is 0 Å². The lowest BCUT2D eigenvalue weighted by Gasteiger charge is -2.36. The number of aromatic nitrogens is 1. The van der Waals surface area contributed by atoms with Gasteiger partial charge in [-0.1, -0.05) is 0 Å². The molecular weight excluding hydrogens is 254 g/mol. The molecule has 0 radical (unpaired) electrons. The molecule has 3 nitrogen and oxygen atoms in total. The van der Waals surface area contributed by atoms with Crippen LogP contribution in [0.25, 0.3) is 0 Å². The second-order valence-electron chi connectivity index (χ2n) is 4.31. The Morgan fingerprint density at radius 3 is 2.93 bits per heavy atom. The molecule has 0 amide bonds. The second-order valence-corrected chi connectivity index (χ2v) is 5.17. The summed E-state index contributed by atoms with van der Waals surface area (Å²) < 4.78 is 1.05. The van der Waals surface area contributed by atoms with Crippen molar-refractivity contribution < 1.29 is 0 Å². The highest BCUT2D eigenvalue weighted by Crippen LogP contribution is 2.21. The van der Waals surface area contributed by atoms with Crippen LogP contribution in [-0.2, 0) is 0 Å². The highest BCUT2D eigenvalue weighted by atomic mass is 79.9. The zero-order valence-corrected chi connectivity index (χ0v) is 10.7. The molecule has 15 heavy (non-hydrogen) atoms. The summed E-state index contributed by atoms with van der Waals surface area (Å²) in [6.07, 6.45) is 1.89. The number of likely N-dealkylation sites (tertiary alicyclic amines) is 1. The standard InChI is InChI=1S/C11H16BrN3/c1-8-3-10(12)11(13-4-8)14-5-9-6-15(2)7-9/h3-4,9H,5-7H2,1-2H3,(H,13,14). The first kappa shape index (κ1) is 10.9. The number of anilines is 1. The van der Waals surface area contributed by atoms with Gasteiger partial charge in [-0.15, -0.1) is 0 Å². The Hall–Kier alpha value is -0.610. The Bertz CT molecular complexity index is 348. The van der Waals surface area contributed by atoms with Crippen molar-refractivity contribution in [2.45, 2.75) is 6.92 Å². The lowest BCUT2D eigenvalue weighted by Crippen LogP contribution is -2.46. The molecule has 0 saturated carbocycles. The van der Waals surface area contributed by atoms with E-state index in [2.05, 4.69) is 44.2 Å². The zero-order valence-electron chi connectivity index (χ0n) is 9.13. The highest BCUT2D eigenvalue weighted by molar-refractivity contribution is 9.10. The first-order valence-electron chi connectivity index (χ1n) is 5.19. The fraction of sp³-hybridized carbons (Fsp3) is 0.545. The lowest BCUT2D eigenvalue weighted by atomic mass is 10.0. The van der Waals surface area contributed by atoms with E-state index in [9.17, 15) is 0 Å². The summed E-state index contributed by atoms with van der Waals surface area (Å²) in [6, 6.07) is 2.09. The number of aryl methyl sites for hydroxylation is 1. The smallest absolute Gasteiger partial charge is 0.140 e. The van der Waals surface area contributed by atoms with E-state index in [-0.39, 0.29) is 0 Å². The fourth-order valence-electron chi connectivity index (χ4n) is 1.86. The molecular formula is C11H16BrN3. The normalized spacial score (nSPS) is 17.5. The van der Waals surface area contributed by atoms with Gasteiger partial charge in [0, 0.05) is 31.7 Å². The van der Waals surface area contributed by atoms with Gasteiger partial charge in [0.05, 0.1) is 4.47 Å². The lowest BCUT2D eigenvalue weighted by molar-refractivity contribution is 0.144. The van der Waals surface area contributed by atoms with Crippen LogP contribution in [0.2, 0.25) is 0 Å². The summed E-state index contributed by atoms with van der Waals surface area (Å²) >= 11 is 3.51. The van der Waals surface area contributed by atoms with Crippen LogP contribution in [-0.4, -0.2) is 36.6 Å². The molecule has 0 atom stereocenters. The molecule has 1 aromatic heterocycles. The summed E-state index contributed by atoms with van der Waals surface area (Å²) in [5.74, 6) is 1.72. The van der Waals surface area contributed by atoms with Gasteiger partial charge in [0.2, 0.25) is 0 Å². The van der Waals surface area contributed by atoms with Crippen molar-refractivity contribution in [2.24, 2.45) is 5.92 Å². The van der Waals surface area contributed by atoms with E-state index in [1.165, 1.54) is 18.7 Å². The van der Waals surface area contributed by atoms with Gasteiger partial charge in [0.1, 0.15) is 5.82 Å². The van der Waals surface area contributed by atoms with Gasteiger partial charge in [-0.05, 0) is 41.5 Å². The molecule has 0 aliphatic carbocycles. The first-order valence-corrected chi connectivity index (χ1v) is 5.99. The van der Waals surface area contributed by atoms with Gasteiger partial charge in [-0.25, -0.2) is 4.98 Å². The third kappa shape index (κ3) is 2.69. The molecule has 0 spiro atoms. The van der Waals surface area contributed by atoms with Crippen LogP contribution in [0.3, 0.4) is 0 Å². The van der Waals surface area contributed by atoms with Crippen LogP contribution in [0.15, 0.2) is 16.7 Å². The molecule has 82 valence electrons. The van der Waals surface area contributed by atoms with Gasteiger partial charge < -0.3 is 10.2 Å². The van der Waals surface area contributed by atoms with Crippen molar-refractivity contribution in [1.29, 1.82) is 0 Å². The van der Waals surface area contributed by atoms with Gasteiger partial charge in [0.25, 0.3) is 0 Å². The van der Waals surface area contributed by atoms with E-state index in [1.807, 2.05) is 13.1 Å². The van der Waals surface area contributed by atoms with E-state index in [0.29, 0.717) is 0 Å². The van der Waals surface area contributed by atoms with E-state index >= 15 is 0 Å². The Morgan fingerprint density at radius 2 is 2.33 bits per heavy atom. The summed E-state index contributed by atoms with van der Waals surface area (Å²) in [6.45, 7) is 5.44. The van der Waals surface area contributed by atoms with Gasteiger partial charge in [-0.2, -0.15) is 0 Å². The maximum atomic E-state index is 4.36. The molecule has 2 rings (SSSR count). The predicted molar refractivity (Wildman–Crippen MR) is 66.2 cm³/mol. The quantitative estimate of drug-likeness (QED) is 0.912. The molecule has 0 aromatic carbocycles. The molecule has 1 N–H and O–H groups in total. The van der Waals surface area contributed by atoms with E-state index in [0.717, 1.165) is 22.8 Å². The van der Waals surface area contributed by atoms with Crippen LogP contribution in [0.5, 0.6) is 0 Å². The summed E-state index contributed by atoms with van der Waals surface area (Å²) in [7, 11) is 2.15. The Kier molecular flexibility index (Phi) is 3.26. The van der Waals surface area contributed by atoms with Crippen LogP contribution < -0.4 is 5.32 Å². The first-order chi connectivity index (χ1) is 7.15. The minimum Gasteiger partial charge on any atom is -0.369 e. The van der Waals surface area contributed by atoms with Crippen molar-refractivity contribution in [2.75, 3.05) is 32.0 Å². The third-order valence-corrected chi connectivity index (χ3v) is 3.28. The predicted octanol–water partition coefficient (Wildman–Crippen LogP) is 2.13. The van der Waals surface area contributed by atoms with Crippen LogP contribution >= 0.6 is 15.9 Å². The molecule has 2 heterocycles. The third-order valence-electron chi connectivity index (χ3n) is 2.68. The molecule has 4 heteroatoms. The topological polar surface area (TPSA) is 28.2 Å². The van der Waals surface area contributed by atoms with Crippen LogP contribution in [0.1, 0.15) is 5.56 Å². The monoisotopic (exact) mass is 269 g/mol. The number of nitrogens with one attached hydrogen (secondary N) is 1. The van der Waals surface area contributed by atoms with Crippen molar-refractivity contribution in [3.05, 3.63) is 22.3 Å². The SMILES string of the molecule is Cc1cnc(NCC2CN(C)C2)c(Br)c1. The second kappa shape index (κ2) is 4.49. The molecule has 1 aliphatic rings. The fourth-order valence-corrected chi connectivity index (χ4v) is 2.47. The number of rotatable bonds is 3. The maximum Gasteiger partial charge on any atom is 0.140 e. The maximum absolute atomic E-state index is 4.36. The highest BCUT2D eigenvalue weighted by Gasteiger charge is 2.22. The summed E-state index contributed by atoms with van der Waals surface area (Å²) in [5, 5.41) is 3.38. The van der Waals surface area contributed by atoms with Crippen LogP contribution in [0.4, 0.5) is 5.82 Å². The van der Waals surface area contributed by atoms with E-state index in [4.69, 9.17) is 0 Å². The molecule has 1 fully saturated rings. The summed E-state index contributed by atoms with van der Waals surface area (Å²) in [5.41, 5.74) is 1.18. The van der Waals surface area contributed by atoms with Gasteiger partial charge in [0.15, 0.2) is 0 Å². The van der Waals surface area contributed by atoms with Crippen molar-refractivity contribution in [3.8, 4) is 0 Å². The minimum atomic E-state index is 0.769. The average Bonchev–Trinajstić information content (AvgIpc) is 2.13. The number of nitrogens with zero attached hydrogens (tertiary/aromatic N) is 2. The van der Waals surface area contributed by atoms with Crippen LogP contribution in [0, 0.1) is 12.8 Å². The number of hydrogen-bond donors (Lipinski definition) is 1. The zero-order chi connectivity index (χ0) is 10.8. The Labute approximate surface area is 99.0 Å². The average molecular weight is 270 g/mol. The van der Waals surface area contributed by atoms with Crippen molar-refractivity contribution in [1.82, 2.24) is 9.88 Å². The molecule has 0 bridgehead atoms. The molecule has 1 aliphatic heterocycles. The number of halogens is 1. The molecule has 1 saturated heterocycles. The van der Waals surface area contributed by atoms with Crippen molar-refractivity contribution >= 4 is 21.7 Å². The summed E-state index contributed by atoms with van der Waals surface area (Å²) in [4.78, 5) is 6.68. The van der Waals surface area contributed by atoms with Gasteiger partial charge in [-0.3, -0.25) is 0 Å².